The van der Waals surface area contributed by atoms with Gasteiger partial charge in [0.2, 0.25) is 0 Å². The molecule has 0 saturated carbocycles. The van der Waals surface area contributed by atoms with Crippen LogP contribution in [0.3, 0.4) is 0 Å². The number of rotatable bonds is 2. The van der Waals surface area contributed by atoms with E-state index in [9.17, 15) is 0 Å². The quantitative estimate of drug-likeness (QED) is 0.452. The Kier molecular flexibility index (Phi) is 2.79. The standard InChI is InChI=1S/C21H15N3/c1-3-7-14(8-4-1)17-11-16-12-19-20(13-18(16)22-17)24-21(23-19)15-9-5-2-6-10-15/h1-13,22H,(H,23,24). The van der Waals surface area contributed by atoms with Crippen LogP contribution in [-0.4, -0.2) is 15.0 Å². The first-order chi connectivity index (χ1) is 11.9. The van der Waals surface area contributed by atoms with Crippen molar-refractivity contribution in [2.24, 2.45) is 0 Å². The van der Waals surface area contributed by atoms with Gasteiger partial charge in [0.1, 0.15) is 5.82 Å². The van der Waals surface area contributed by atoms with E-state index in [4.69, 9.17) is 4.98 Å². The van der Waals surface area contributed by atoms with Crippen LogP contribution in [0.25, 0.3) is 44.6 Å². The summed E-state index contributed by atoms with van der Waals surface area (Å²) in [6.07, 6.45) is 0. The van der Waals surface area contributed by atoms with E-state index in [-0.39, 0.29) is 0 Å². The zero-order chi connectivity index (χ0) is 15.9. The summed E-state index contributed by atoms with van der Waals surface area (Å²) in [5, 5.41) is 1.18. The number of nitrogens with one attached hydrogen (secondary N) is 2. The Morgan fingerprint density at radius 3 is 2.08 bits per heavy atom. The lowest BCUT2D eigenvalue weighted by atomic mass is 10.1. The Hall–Kier alpha value is -3.33. The van der Waals surface area contributed by atoms with Gasteiger partial charge in [0.25, 0.3) is 0 Å². The zero-order valence-corrected chi connectivity index (χ0v) is 13.0. The molecule has 2 aromatic heterocycles. The van der Waals surface area contributed by atoms with Crippen LogP contribution in [-0.2, 0) is 0 Å². The molecule has 0 saturated heterocycles. The number of imidazole rings is 1. The number of aromatic amines is 2. The molecule has 0 radical (unpaired) electrons. The van der Waals surface area contributed by atoms with Crippen molar-refractivity contribution < 1.29 is 0 Å². The molecule has 3 aromatic carbocycles. The van der Waals surface area contributed by atoms with Crippen molar-refractivity contribution in [2.75, 3.05) is 0 Å². The Morgan fingerprint density at radius 2 is 1.33 bits per heavy atom. The monoisotopic (exact) mass is 309 g/mol. The van der Waals surface area contributed by atoms with Crippen LogP contribution < -0.4 is 0 Å². The van der Waals surface area contributed by atoms with E-state index in [0.29, 0.717) is 0 Å². The van der Waals surface area contributed by atoms with Crippen molar-refractivity contribution in [3.05, 3.63) is 78.9 Å². The minimum Gasteiger partial charge on any atom is -0.354 e. The third-order valence-electron chi connectivity index (χ3n) is 4.35. The van der Waals surface area contributed by atoms with E-state index >= 15 is 0 Å². The van der Waals surface area contributed by atoms with Crippen molar-refractivity contribution in [3.8, 4) is 22.6 Å². The number of hydrogen-bond acceptors (Lipinski definition) is 1. The van der Waals surface area contributed by atoms with Gasteiger partial charge >= 0.3 is 0 Å². The van der Waals surface area contributed by atoms with Gasteiger partial charge in [-0.25, -0.2) is 4.98 Å². The topological polar surface area (TPSA) is 44.5 Å². The fraction of sp³-hybridized carbons (Fsp3) is 0. The van der Waals surface area contributed by atoms with Crippen LogP contribution in [0.1, 0.15) is 0 Å². The fourth-order valence-corrected chi connectivity index (χ4v) is 3.14. The van der Waals surface area contributed by atoms with Gasteiger partial charge < -0.3 is 9.97 Å². The molecule has 114 valence electrons. The van der Waals surface area contributed by atoms with Gasteiger partial charge in [-0.05, 0) is 23.8 Å². The summed E-state index contributed by atoms with van der Waals surface area (Å²) < 4.78 is 0. The Balaban J connectivity index is 1.65. The maximum atomic E-state index is 4.74. The fourth-order valence-electron chi connectivity index (χ4n) is 3.14. The van der Waals surface area contributed by atoms with Gasteiger partial charge in [-0.1, -0.05) is 60.7 Å². The largest absolute Gasteiger partial charge is 0.354 e. The molecule has 3 heteroatoms. The summed E-state index contributed by atoms with van der Waals surface area (Å²) in [4.78, 5) is 11.7. The molecule has 2 heterocycles. The molecule has 0 aliphatic carbocycles. The van der Waals surface area contributed by atoms with Crippen molar-refractivity contribution in [1.29, 1.82) is 0 Å². The number of H-pyrrole nitrogens is 2. The van der Waals surface area contributed by atoms with Gasteiger partial charge in [0.05, 0.1) is 11.0 Å². The highest BCUT2D eigenvalue weighted by Gasteiger charge is 2.09. The molecule has 5 rings (SSSR count). The molecule has 0 atom stereocenters. The van der Waals surface area contributed by atoms with Crippen LogP contribution in [0, 0.1) is 0 Å². The molecule has 0 amide bonds. The van der Waals surface area contributed by atoms with Gasteiger partial charge in [-0.2, -0.15) is 0 Å². The van der Waals surface area contributed by atoms with Crippen LogP contribution in [0.4, 0.5) is 0 Å². The smallest absolute Gasteiger partial charge is 0.138 e. The highest BCUT2D eigenvalue weighted by molar-refractivity contribution is 5.97. The van der Waals surface area contributed by atoms with Crippen LogP contribution in [0.15, 0.2) is 78.9 Å². The molecule has 24 heavy (non-hydrogen) atoms. The van der Waals surface area contributed by atoms with E-state index < -0.39 is 0 Å². The highest BCUT2D eigenvalue weighted by atomic mass is 14.9. The highest BCUT2D eigenvalue weighted by Crippen LogP contribution is 2.28. The zero-order valence-electron chi connectivity index (χ0n) is 13.0. The van der Waals surface area contributed by atoms with Crippen molar-refractivity contribution >= 4 is 21.9 Å². The minimum atomic E-state index is 0.904. The number of benzene rings is 3. The first-order valence-corrected chi connectivity index (χ1v) is 8.00. The number of hydrogen-bond donors (Lipinski definition) is 2. The summed E-state index contributed by atoms with van der Waals surface area (Å²) in [5.74, 6) is 0.904. The summed E-state index contributed by atoms with van der Waals surface area (Å²) in [7, 11) is 0. The summed E-state index contributed by atoms with van der Waals surface area (Å²) >= 11 is 0. The molecule has 0 unspecified atom stereocenters. The van der Waals surface area contributed by atoms with Gasteiger partial charge in [-0.15, -0.1) is 0 Å². The van der Waals surface area contributed by atoms with Crippen LogP contribution in [0.5, 0.6) is 0 Å². The molecule has 3 nitrogen and oxygen atoms in total. The molecule has 2 N–H and O–H groups in total. The first-order valence-electron chi connectivity index (χ1n) is 8.00. The second kappa shape index (κ2) is 5.10. The first kappa shape index (κ1) is 13.1. The maximum absolute atomic E-state index is 4.74. The van der Waals surface area contributed by atoms with Crippen LogP contribution >= 0.6 is 0 Å². The number of fused-ring (bicyclic) bond motifs is 2. The molecular weight excluding hydrogens is 294 g/mol. The predicted molar refractivity (Wildman–Crippen MR) is 98.8 cm³/mol. The molecule has 0 aliphatic heterocycles. The van der Waals surface area contributed by atoms with E-state index in [2.05, 4.69) is 64.6 Å². The molecular formula is C21H15N3. The Labute approximate surface area is 139 Å². The normalized spacial score (nSPS) is 11.3. The van der Waals surface area contributed by atoms with Gasteiger partial charge in [-0.3, -0.25) is 0 Å². The maximum Gasteiger partial charge on any atom is 0.138 e. The summed E-state index contributed by atoms with van der Waals surface area (Å²) in [6, 6.07) is 27.0. The second-order valence-electron chi connectivity index (χ2n) is 5.96. The van der Waals surface area contributed by atoms with E-state index in [0.717, 1.165) is 33.6 Å². The lowest BCUT2D eigenvalue weighted by molar-refractivity contribution is 1.34. The van der Waals surface area contributed by atoms with Crippen molar-refractivity contribution in [2.45, 2.75) is 0 Å². The molecule has 0 aliphatic rings. The lowest BCUT2D eigenvalue weighted by Crippen LogP contribution is -1.77. The Bertz CT molecular complexity index is 995. The Morgan fingerprint density at radius 1 is 0.625 bits per heavy atom. The second-order valence-corrected chi connectivity index (χ2v) is 5.96. The van der Waals surface area contributed by atoms with Crippen molar-refractivity contribution in [3.63, 3.8) is 0 Å². The van der Waals surface area contributed by atoms with Crippen LogP contribution in [0.2, 0.25) is 0 Å². The average molecular weight is 309 g/mol. The average Bonchev–Trinajstić information content (AvgIpc) is 3.24. The van der Waals surface area contributed by atoms with Gasteiger partial charge in [0.15, 0.2) is 0 Å². The van der Waals surface area contributed by atoms with E-state index in [1.54, 1.807) is 0 Å². The molecule has 0 fully saturated rings. The van der Waals surface area contributed by atoms with Gasteiger partial charge in [0, 0.05) is 22.2 Å². The summed E-state index contributed by atoms with van der Waals surface area (Å²) in [6.45, 7) is 0. The lowest BCUT2D eigenvalue weighted by Gasteiger charge is -1.95. The van der Waals surface area contributed by atoms with E-state index in [1.807, 2.05) is 24.3 Å². The third kappa shape index (κ3) is 2.10. The number of aromatic nitrogens is 3. The molecule has 0 spiro atoms. The molecule has 0 bridgehead atoms. The summed E-state index contributed by atoms with van der Waals surface area (Å²) in [5.41, 5.74) is 6.55. The molecule has 5 aromatic rings. The predicted octanol–water partition coefficient (Wildman–Crippen LogP) is 5.38. The SMILES string of the molecule is c1ccc(-c2cc3cc4[nH]c(-c5ccccc5)nc4cc3[nH]2)cc1. The van der Waals surface area contributed by atoms with Crippen molar-refractivity contribution in [1.82, 2.24) is 15.0 Å². The number of nitrogens with zero attached hydrogens (tertiary/aromatic N) is 1. The van der Waals surface area contributed by atoms with E-state index in [1.165, 1.54) is 10.9 Å². The minimum absolute atomic E-state index is 0.904. The third-order valence-corrected chi connectivity index (χ3v) is 4.35.